The van der Waals surface area contributed by atoms with Gasteiger partial charge in [-0.25, -0.2) is 0 Å². The number of likely N-dealkylation sites (tertiary alicyclic amines) is 1. The van der Waals surface area contributed by atoms with Crippen LogP contribution in [-0.2, 0) is 9.59 Å². The van der Waals surface area contributed by atoms with Gasteiger partial charge in [-0.1, -0.05) is 13.8 Å². The summed E-state index contributed by atoms with van der Waals surface area (Å²) in [5.74, 6) is 0.305. The molecule has 0 N–H and O–H groups in total. The van der Waals surface area contributed by atoms with Gasteiger partial charge < -0.3 is 9.80 Å². The van der Waals surface area contributed by atoms with Gasteiger partial charge in [0.05, 0.1) is 6.04 Å². The molecule has 1 aliphatic heterocycles. The molecule has 86 valence electrons. The third-order valence-corrected chi connectivity index (χ3v) is 3.01. The minimum absolute atomic E-state index is 0.0476. The summed E-state index contributed by atoms with van der Waals surface area (Å²) >= 11 is 0. The Kier molecular flexibility index (Phi) is 3.72. The van der Waals surface area contributed by atoms with Crippen molar-refractivity contribution < 1.29 is 9.59 Å². The molecule has 0 bridgehead atoms. The Balaban J connectivity index is 2.52. The lowest BCUT2D eigenvalue weighted by atomic mass is 10.2. The number of carbonyl (C=O) groups excluding carboxylic acids is 2. The predicted molar refractivity (Wildman–Crippen MR) is 58.3 cm³/mol. The highest BCUT2D eigenvalue weighted by atomic mass is 16.2. The molecule has 1 unspecified atom stereocenters. The van der Waals surface area contributed by atoms with Gasteiger partial charge in [0, 0.05) is 33.0 Å². The van der Waals surface area contributed by atoms with Crippen LogP contribution in [0.4, 0.5) is 0 Å². The molecule has 15 heavy (non-hydrogen) atoms. The second-order valence-electron chi connectivity index (χ2n) is 4.51. The van der Waals surface area contributed by atoms with Crippen LogP contribution in [0, 0.1) is 5.92 Å². The Morgan fingerprint density at radius 1 is 1.40 bits per heavy atom. The van der Waals surface area contributed by atoms with E-state index in [1.165, 1.54) is 0 Å². The summed E-state index contributed by atoms with van der Waals surface area (Å²) in [7, 11) is 1.80. The van der Waals surface area contributed by atoms with Crippen LogP contribution >= 0.6 is 0 Å². The zero-order chi connectivity index (χ0) is 11.6. The molecule has 2 amide bonds. The summed E-state index contributed by atoms with van der Waals surface area (Å²) < 4.78 is 0. The van der Waals surface area contributed by atoms with Crippen molar-refractivity contribution in [1.82, 2.24) is 9.80 Å². The van der Waals surface area contributed by atoms with E-state index in [1.54, 1.807) is 18.9 Å². The van der Waals surface area contributed by atoms with Gasteiger partial charge in [0.1, 0.15) is 0 Å². The van der Waals surface area contributed by atoms with Gasteiger partial charge >= 0.3 is 0 Å². The first-order chi connectivity index (χ1) is 6.93. The maximum Gasteiger partial charge on any atom is 0.225 e. The maximum absolute atomic E-state index is 11.7. The van der Waals surface area contributed by atoms with E-state index < -0.39 is 0 Å². The smallest absolute Gasteiger partial charge is 0.225 e. The van der Waals surface area contributed by atoms with Gasteiger partial charge in [0.15, 0.2) is 0 Å². The van der Waals surface area contributed by atoms with Gasteiger partial charge in [-0.3, -0.25) is 9.59 Å². The molecule has 0 spiro atoms. The van der Waals surface area contributed by atoms with Crippen molar-refractivity contribution in [2.24, 2.45) is 5.92 Å². The molecule has 4 heteroatoms. The van der Waals surface area contributed by atoms with E-state index in [9.17, 15) is 9.59 Å². The number of carbonyl (C=O) groups is 2. The number of likely N-dealkylation sites (N-methyl/N-ethyl adjacent to an activating group) is 1. The van der Waals surface area contributed by atoms with E-state index >= 15 is 0 Å². The normalized spacial score (nSPS) is 20.9. The third kappa shape index (κ3) is 2.70. The molecule has 0 radical (unpaired) electrons. The second kappa shape index (κ2) is 4.64. The van der Waals surface area contributed by atoms with Crippen LogP contribution in [0.15, 0.2) is 0 Å². The van der Waals surface area contributed by atoms with Crippen molar-refractivity contribution in [2.75, 3.05) is 20.1 Å². The van der Waals surface area contributed by atoms with Crippen LogP contribution in [0.1, 0.15) is 27.2 Å². The molecule has 1 heterocycles. The molecule has 1 aliphatic rings. The Bertz CT molecular complexity index is 263. The number of rotatable bonds is 2. The zero-order valence-electron chi connectivity index (χ0n) is 9.99. The SMILES string of the molecule is CC(=O)N(C)C1CCN(C(=O)C(C)C)C1. The Labute approximate surface area is 91.2 Å². The number of amides is 2. The van der Waals surface area contributed by atoms with Crippen molar-refractivity contribution >= 4 is 11.8 Å². The minimum atomic E-state index is 0.0476. The van der Waals surface area contributed by atoms with Gasteiger partial charge in [-0.05, 0) is 6.42 Å². The zero-order valence-corrected chi connectivity index (χ0v) is 9.99. The van der Waals surface area contributed by atoms with Crippen LogP contribution in [0.5, 0.6) is 0 Å². The Morgan fingerprint density at radius 2 is 2.00 bits per heavy atom. The summed E-state index contributed by atoms with van der Waals surface area (Å²) in [6.45, 7) is 6.84. The summed E-state index contributed by atoms with van der Waals surface area (Å²) in [6, 6.07) is 0.199. The van der Waals surface area contributed by atoms with Crippen LogP contribution in [0.3, 0.4) is 0 Å². The molecule has 0 aromatic heterocycles. The van der Waals surface area contributed by atoms with E-state index in [2.05, 4.69) is 0 Å². The number of hydrogen-bond donors (Lipinski definition) is 0. The average molecular weight is 212 g/mol. The average Bonchev–Trinajstić information content (AvgIpc) is 2.63. The fraction of sp³-hybridized carbons (Fsp3) is 0.818. The number of hydrogen-bond acceptors (Lipinski definition) is 2. The topological polar surface area (TPSA) is 40.6 Å². The molecule has 0 aromatic carbocycles. The van der Waals surface area contributed by atoms with Crippen molar-refractivity contribution in [2.45, 2.75) is 33.2 Å². The lowest BCUT2D eigenvalue weighted by molar-refractivity contribution is -0.135. The largest absolute Gasteiger partial charge is 0.341 e. The van der Waals surface area contributed by atoms with Crippen molar-refractivity contribution in [3.63, 3.8) is 0 Å². The Hall–Kier alpha value is -1.06. The molecule has 0 aliphatic carbocycles. The van der Waals surface area contributed by atoms with E-state index in [-0.39, 0.29) is 23.8 Å². The lowest BCUT2D eigenvalue weighted by Crippen LogP contribution is -2.39. The minimum Gasteiger partial charge on any atom is -0.341 e. The summed E-state index contributed by atoms with van der Waals surface area (Å²) in [6.07, 6.45) is 0.897. The molecule has 1 fully saturated rings. The first-order valence-electron chi connectivity index (χ1n) is 5.45. The van der Waals surface area contributed by atoms with Gasteiger partial charge in [-0.2, -0.15) is 0 Å². The van der Waals surface area contributed by atoms with Crippen LogP contribution in [-0.4, -0.2) is 47.8 Å². The monoisotopic (exact) mass is 212 g/mol. The van der Waals surface area contributed by atoms with E-state index in [4.69, 9.17) is 0 Å². The molecule has 0 aromatic rings. The van der Waals surface area contributed by atoms with Crippen molar-refractivity contribution in [1.29, 1.82) is 0 Å². The highest BCUT2D eigenvalue weighted by Gasteiger charge is 2.30. The highest BCUT2D eigenvalue weighted by Crippen LogP contribution is 2.16. The first-order valence-corrected chi connectivity index (χ1v) is 5.45. The third-order valence-electron chi connectivity index (χ3n) is 3.01. The van der Waals surface area contributed by atoms with E-state index in [1.807, 2.05) is 18.7 Å². The maximum atomic E-state index is 11.7. The molecule has 1 atom stereocenters. The Morgan fingerprint density at radius 3 is 2.47 bits per heavy atom. The van der Waals surface area contributed by atoms with Crippen molar-refractivity contribution in [3.05, 3.63) is 0 Å². The summed E-state index contributed by atoms with van der Waals surface area (Å²) in [5.41, 5.74) is 0. The summed E-state index contributed by atoms with van der Waals surface area (Å²) in [5, 5.41) is 0. The fourth-order valence-electron chi connectivity index (χ4n) is 1.88. The van der Waals surface area contributed by atoms with Crippen LogP contribution in [0.25, 0.3) is 0 Å². The molecule has 1 saturated heterocycles. The fourth-order valence-corrected chi connectivity index (χ4v) is 1.88. The molecule has 0 saturated carbocycles. The molecule has 1 rings (SSSR count). The molecule has 4 nitrogen and oxygen atoms in total. The van der Waals surface area contributed by atoms with Gasteiger partial charge in [-0.15, -0.1) is 0 Å². The van der Waals surface area contributed by atoms with Crippen LogP contribution < -0.4 is 0 Å². The van der Waals surface area contributed by atoms with E-state index in [0.29, 0.717) is 6.54 Å². The van der Waals surface area contributed by atoms with Gasteiger partial charge in [0.2, 0.25) is 11.8 Å². The molecular weight excluding hydrogens is 192 g/mol. The van der Waals surface area contributed by atoms with Gasteiger partial charge in [0.25, 0.3) is 0 Å². The standard InChI is InChI=1S/C11H20N2O2/c1-8(2)11(15)13-6-5-10(7-13)12(4)9(3)14/h8,10H,5-7H2,1-4H3. The lowest BCUT2D eigenvalue weighted by Gasteiger charge is -2.24. The predicted octanol–water partition coefficient (Wildman–Crippen LogP) is 0.722. The van der Waals surface area contributed by atoms with Crippen molar-refractivity contribution in [3.8, 4) is 0 Å². The number of nitrogens with zero attached hydrogens (tertiary/aromatic N) is 2. The first kappa shape index (κ1) is 12.0. The quantitative estimate of drug-likeness (QED) is 0.677. The van der Waals surface area contributed by atoms with Crippen LogP contribution in [0.2, 0.25) is 0 Å². The summed E-state index contributed by atoms with van der Waals surface area (Å²) in [4.78, 5) is 26.5. The van der Waals surface area contributed by atoms with E-state index in [0.717, 1.165) is 13.0 Å². The molecular formula is C11H20N2O2. The highest BCUT2D eigenvalue weighted by molar-refractivity contribution is 5.79. The second-order valence-corrected chi connectivity index (χ2v) is 4.51.